The third kappa shape index (κ3) is 5.07. The second-order valence-electron chi connectivity index (χ2n) is 10.1. The Kier molecular flexibility index (Phi) is 7.56. The third-order valence-corrected chi connectivity index (χ3v) is 7.97. The lowest BCUT2D eigenvalue weighted by Gasteiger charge is -2.51. The zero-order valence-corrected chi connectivity index (χ0v) is 21.6. The molecule has 0 radical (unpaired) electrons. The van der Waals surface area contributed by atoms with Crippen LogP contribution in [0.5, 0.6) is 5.88 Å². The van der Waals surface area contributed by atoms with Crippen molar-refractivity contribution < 1.29 is 23.0 Å². The first-order valence-corrected chi connectivity index (χ1v) is 12.9. The van der Waals surface area contributed by atoms with E-state index in [9.17, 15) is 13.6 Å². The van der Waals surface area contributed by atoms with E-state index in [-0.39, 0.29) is 23.5 Å². The fraction of sp³-hybridized carbons (Fsp3) is 0.414. The van der Waals surface area contributed by atoms with Gasteiger partial charge in [-0.25, -0.2) is 13.8 Å². The topological polar surface area (TPSA) is 76.6 Å². The van der Waals surface area contributed by atoms with Crippen molar-refractivity contribution in [3.63, 3.8) is 0 Å². The Morgan fingerprint density at radius 3 is 2.89 bits per heavy atom. The summed E-state index contributed by atoms with van der Waals surface area (Å²) in [6.07, 6.45) is 8.35. The molecule has 3 aromatic rings. The largest absolute Gasteiger partial charge is 0.481 e. The Labute approximate surface area is 220 Å². The lowest BCUT2D eigenvalue weighted by atomic mass is 9.61. The van der Waals surface area contributed by atoms with E-state index in [2.05, 4.69) is 20.2 Å². The van der Waals surface area contributed by atoms with E-state index in [4.69, 9.17) is 9.47 Å². The number of benzene rings is 1. The molecule has 200 valence electrons. The van der Waals surface area contributed by atoms with Crippen molar-refractivity contribution in [2.24, 2.45) is 11.3 Å². The lowest BCUT2D eigenvalue weighted by Crippen LogP contribution is -2.58. The van der Waals surface area contributed by atoms with Crippen LogP contribution in [0, 0.1) is 23.0 Å². The van der Waals surface area contributed by atoms with E-state index in [0.717, 1.165) is 54.7 Å². The summed E-state index contributed by atoms with van der Waals surface area (Å²) in [5, 5.41) is 3.51. The fourth-order valence-corrected chi connectivity index (χ4v) is 6.01. The highest BCUT2D eigenvalue weighted by Gasteiger charge is 2.53. The van der Waals surface area contributed by atoms with Crippen molar-refractivity contribution in [1.29, 1.82) is 0 Å². The van der Waals surface area contributed by atoms with Gasteiger partial charge in [0.1, 0.15) is 17.2 Å². The third-order valence-electron chi connectivity index (χ3n) is 7.97. The molecule has 1 N–H and O–H groups in total. The van der Waals surface area contributed by atoms with Gasteiger partial charge in [-0.1, -0.05) is 12.2 Å². The number of nitrogens with zero attached hydrogens (tertiary/aromatic N) is 3. The standard InChI is InChI=1S/C29H32F2N4O3/c1-37-26-8-7-24-27(34-26)25(10-14-33-24)35-15-11-20-17-22(9-12-29(20,18-35)28(36)38-2)32-13-3-4-19-16-21(30)5-6-23(19)31/h3-8,10,14,16,20,22,32H,9,11-13,15,17-18H2,1-2H3. The van der Waals surface area contributed by atoms with Crippen molar-refractivity contribution in [2.75, 3.05) is 38.8 Å². The maximum absolute atomic E-state index is 13.9. The van der Waals surface area contributed by atoms with Gasteiger partial charge in [0.2, 0.25) is 5.88 Å². The van der Waals surface area contributed by atoms with Crippen LogP contribution in [0.25, 0.3) is 17.1 Å². The van der Waals surface area contributed by atoms with Gasteiger partial charge in [0.25, 0.3) is 0 Å². The number of esters is 1. The summed E-state index contributed by atoms with van der Waals surface area (Å²) < 4.78 is 38.0. The monoisotopic (exact) mass is 522 g/mol. The van der Waals surface area contributed by atoms with Gasteiger partial charge in [0.05, 0.1) is 30.8 Å². The number of carbonyl (C=O) groups is 1. The van der Waals surface area contributed by atoms with Gasteiger partial charge >= 0.3 is 5.97 Å². The fourth-order valence-electron chi connectivity index (χ4n) is 6.01. The van der Waals surface area contributed by atoms with Gasteiger partial charge in [-0.3, -0.25) is 9.78 Å². The van der Waals surface area contributed by atoms with Crippen LogP contribution in [-0.2, 0) is 9.53 Å². The predicted molar refractivity (Wildman–Crippen MR) is 142 cm³/mol. The molecule has 2 aromatic heterocycles. The van der Waals surface area contributed by atoms with Gasteiger partial charge in [-0.15, -0.1) is 0 Å². The second-order valence-corrected chi connectivity index (χ2v) is 10.1. The molecule has 3 atom stereocenters. The molecule has 1 aromatic carbocycles. The molecule has 2 aliphatic rings. The number of aromatic nitrogens is 2. The Hall–Kier alpha value is -3.59. The molecule has 0 spiro atoms. The molecule has 5 rings (SSSR count). The first kappa shape index (κ1) is 26.0. The van der Waals surface area contributed by atoms with Crippen LogP contribution in [0.2, 0.25) is 0 Å². The van der Waals surface area contributed by atoms with Crippen LogP contribution in [0.3, 0.4) is 0 Å². The van der Waals surface area contributed by atoms with E-state index in [0.29, 0.717) is 25.4 Å². The average Bonchev–Trinajstić information content (AvgIpc) is 2.95. The molecule has 0 amide bonds. The molecule has 1 aliphatic heterocycles. The van der Waals surface area contributed by atoms with Crippen molar-refractivity contribution in [2.45, 2.75) is 31.7 Å². The molecular weight excluding hydrogens is 490 g/mol. The van der Waals surface area contributed by atoms with Gasteiger partial charge in [-0.05, 0) is 61.9 Å². The van der Waals surface area contributed by atoms with Crippen LogP contribution >= 0.6 is 0 Å². The highest BCUT2D eigenvalue weighted by atomic mass is 19.1. The van der Waals surface area contributed by atoms with Crippen LogP contribution in [-0.4, -0.2) is 55.8 Å². The molecule has 38 heavy (non-hydrogen) atoms. The molecule has 3 unspecified atom stereocenters. The Morgan fingerprint density at radius 2 is 2.08 bits per heavy atom. The number of methoxy groups -OCH3 is 2. The number of halogens is 2. The number of carbonyl (C=O) groups excluding carboxylic acids is 1. The normalized spacial score (nSPS) is 23.4. The minimum Gasteiger partial charge on any atom is -0.481 e. The summed E-state index contributed by atoms with van der Waals surface area (Å²) in [5.41, 5.74) is 2.08. The van der Waals surface area contributed by atoms with Gasteiger partial charge in [-0.2, -0.15) is 0 Å². The lowest BCUT2D eigenvalue weighted by molar-refractivity contribution is -0.160. The molecule has 1 saturated carbocycles. The quantitative estimate of drug-likeness (QED) is 0.449. The summed E-state index contributed by atoms with van der Waals surface area (Å²) in [6, 6.07) is 9.27. The maximum atomic E-state index is 13.9. The molecule has 1 saturated heterocycles. The maximum Gasteiger partial charge on any atom is 0.313 e. The number of pyridine rings is 2. The van der Waals surface area contributed by atoms with Crippen LogP contribution < -0.4 is 15.0 Å². The van der Waals surface area contributed by atoms with Crippen LogP contribution in [0.15, 0.2) is 48.7 Å². The van der Waals surface area contributed by atoms with E-state index in [1.54, 1.807) is 31.5 Å². The van der Waals surface area contributed by atoms with E-state index < -0.39 is 17.0 Å². The summed E-state index contributed by atoms with van der Waals surface area (Å²) >= 11 is 0. The highest BCUT2D eigenvalue weighted by molar-refractivity contribution is 5.89. The first-order chi connectivity index (χ1) is 18.4. The molecule has 7 nitrogen and oxygen atoms in total. The van der Waals surface area contributed by atoms with Crippen molar-refractivity contribution >= 4 is 28.8 Å². The summed E-state index contributed by atoms with van der Waals surface area (Å²) in [5.74, 6) is -0.407. The molecule has 3 heterocycles. The van der Waals surface area contributed by atoms with E-state index >= 15 is 0 Å². The molecule has 9 heteroatoms. The van der Waals surface area contributed by atoms with Gasteiger partial charge < -0.3 is 19.7 Å². The summed E-state index contributed by atoms with van der Waals surface area (Å²) in [6.45, 7) is 1.86. The van der Waals surface area contributed by atoms with Crippen LogP contribution in [0.1, 0.15) is 31.2 Å². The molecule has 1 aliphatic carbocycles. The van der Waals surface area contributed by atoms with Crippen LogP contribution in [0.4, 0.5) is 14.5 Å². The zero-order valence-electron chi connectivity index (χ0n) is 21.6. The minimum absolute atomic E-state index is 0.165. The van der Waals surface area contributed by atoms with Crippen molar-refractivity contribution in [3.8, 4) is 5.88 Å². The van der Waals surface area contributed by atoms with E-state index in [1.807, 2.05) is 12.1 Å². The summed E-state index contributed by atoms with van der Waals surface area (Å²) in [4.78, 5) is 24.6. The van der Waals surface area contributed by atoms with Crippen molar-refractivity contribution in [1.82, 2.24) is 15.3 Å². The smallest absolute Gasteiger partial charge is 0.313 e. The number of nitrogens with one attached hydrogen (secondary N) is 1. The Morgan fingerprint density at radius 1 is 1.21 bits per heavy atom. The number of fused-ring (bicyclic) bond motifs is 2. The Balaban J connectivity index is 1.30. The number of ether oxygens (including phenoxy) is 2. The highest BCUT2D eigenvalue weighted by Crippen LogP contribution is 2.48. The average molecular weight is 523 g/mol. The minimum atomic E-state index is -0.611. The molecule has 0 bridgehead atoms. The number of piperidine rings is 1. The molecule has 2 fully saturated rings. The SMILES string of the molecule is COC(=O)C12CCC(NCC=Cc3cc(F)ccc3F)CC1CCN(c1ccnc3ccc(OC)nc13)C2. The zero-order chi connectivity index (χ0) is 26.7. The number of hydrogen-bond acceptors (Lipinski definition) is 7. The number of hydrogen-bond donors (Lipinski definition) is 1. The van der Waals surface area contributed by atoms with Gasteiger partial charge in [0.15, 0.2) is 0 Å². The first-order valence-electron chi connectivity index (χ1n) is 12.9. The van der Waals surface area contributed by atoms with Gasteiger partial charge in [0, 0.05) is 43.5 Å². The second kappa shape index (κ2) is 11.0. The van der Waals surface area contributed by atoms with Crippen molar-refractivity contribution in [3.05, 3.63) is 65.9 Å². The number of anilines is 1. The van der Waals surface area contributed by atoms with E-state index in [1.165, 1.54) is 13.2 Å². The molecular formula is C29H32F2N4O3. The number of rotatable bonds is 7. The Bertz CT molecular complexity index is 1350. The predicted octanol–water partition coefficient (Wildman–Crippen LogP) is 4.76. The summed E-state index contributed by atoms with van der Waals surface area (Å²) in [7, 11) is 3.05.